The first-order valence-electron chi connectivity index (χ1n) is 10.4. The van der Waals surface area contributed by atoms with E-state index in [1.807, 2.05) is 25.1 Å². The summed E-state index contributed by atoms with van der Waals surface area (Å²) in [6.45, 7) is 1.55. The number of halogens is 4. The van der Waals surface area contributed by atoms with Gasteiger partial charge in [-0.3, -0.25) is 4.79 Å². The highest BCUT2D eigenvalue weighted by Crippen LogP contribution is 2.35. The fourth-order valence-electron chi connectivity index (χ4n) is 4.03. The van der Waals surface area contributed by atoms with Gasteiger partial charge in [-0.05, 0) is 79.1 Å². The molecule has 1 atom stereocenters. The number of carbonyl (C=O) groups excluding carboxylic acids is 1. The van der Waals surface area contributed by atoms with E-state index in [-0.39, 0.29) is 29.9 Å². The molecular weight excluding hydrogens is 583 g/mol. The number of amides is 1. The molecule has 1 aliphatic rings. The fourth-order valence-corrected chi connectivity index (χ4v) is 6.26. The molecular formula is C24H20BrCl3N2O3S. The van der Waals surface area contributed by atoms with E-state index >= 15 is 0 Å². The summed E-state index contributed by atoms with van der Waals surface area (Å²) in [6.07, 6.45) is 0.692. The van der Waals surface area contributed by atoms with Crippen LogP contribution < -0.4 is 4.90 Å². The van der Waals surface area contributed by atoms with Crippen molar-refractivity contribution in [1.29, 1.82) is 0 Å². The van der Waals surface area contributed by atoms with Gasteiger partial charge in [-0.25, -0.2) is 8.42 Å². The van der Waals surface area contributed by atoms with Crippen molar-refractivity contribution < 1.29 is 13.2 Å². The van der Waals surface area contributed by atoms with Gasteiger partial charge in [-0.1, -0.05) is 56.8 Å². The lowest BCUT2D eigenvalue weighted by Gasteiger charge is -2.28. The molecule has 0 spiro atoms. The van der Waals surface area contributed by atoms with Crippen LogP contribution in [0.2, 0.25) is 15.1 Å². The van der Waals surface area contributed by atoms with Crippen LogP contribution >= 0.6 is 50.7 Å². The Morgan fingerprint density at radius 1 is 1.03 bits per heavy atom. The highest BCUT2D eigenvalue weighted by atomic mass is 79.9. The molecule has 34 heavy (non-hydrogen) atoms. The standard InChI is InChI=1S/C24H20BrCl3N2O3S/c1-15-10-17-12-18(25)3-9-23(17)30(15)24(31)14-29(13-16-2-8-21(27)22(28)11-16)34(32,33)20-6-4-19(26)5-7-20/h2-9,11-12,15H,10,13-14H2,1H3. The lowest BCUT2D eigenvalue weighted by atomic mass is 10.1. The van der Waals surface area contributed by atoms with E-state index < -0.39 is 10.0 Å². The SMILES string of the molecule is CC1Cc2cc(Br)ccc2N1C(=O)CN(Cc1ccc(Cl)c(Cl)c1)S(=O)(=O)c1ccc(Cl)cc1. The predicted octanol–water partition coefficient (Wildman–Crippen LogP) is 6.58. The molecule has 1 unspecified atom stereocenters. The third kappa shape index (κ3) is 5.30. The zero-order valence-corrected chi connectivity index (χ0v) is 22.7. The summed E-state index contributed by atoms with van der Waals surface area (Å²) in [5, 5.41) is 1.09. The minimum absolute atomic E-state index is 0.0450. The molecule has 1 heterocycles. The summed E-state index contributed by atoms with van der Waals surface area (Å²) < 4.78 is 29.2. The lowest BCUT2D eigenvalue weighted by molar-refractivity contribution is -0.119. The Morgan fingerprint density at radius 3 is 2.41 bits per heavy atom. The highest BCUT2D eigenvalue weighted by Gasteiger charge is 2.34. The third-order valence-electron chi connectivity index (χ3n) is 5.63. The van der Waals surface area contributed by atoms with Gasteiger partial charge in [0.1, 0.15) is 0 Å². The molecule has 3 aromatic carbocycles. The van der Waals surface area contributed by atoms with E-state index in [4.69, 9.17) is 34.8 Å². The molecule has 0 fully saturated rings. The highest BCUT2D eigenvalue weighted by molar-refractivity contribution is 9.10. The van der Waals surface area contributed by atoms with Crippen LogP contribution in [0.4, 0.5) is 5.69 Å². The first-order valence-corrected chi connectivity index (χ1v) is 13.7. The molecule has 4 rings (SSSR count). The molecule has 0 radical (unpaired) electrons. The Hall–Kier alpha value is -1.61. The second-order valence-electron chi connectivity index (χ2n) is 8.07. The smallest absolute Gasteiger partial charge is 0.243 e. The maximum absolute atomic E-state index is 13.6. The maximum Gasteiger partial charge on any atom is 0.243 e. The van der Waals surface area contributed by atoms with E-state index in [9.17, 15) is 13.2 Å². The average molecular weight is 603 g/mol. The van der Waals surface area contributed by atoms with Crippen molar-refractivity contribution in [3.8, 4) is 0 Å². The van der Waals surface area contributed by atoms with E-state index in [1.165, 1.54) is 24.3 Å². The van der Waals surface area contributed by atoms with Crippen LogP contribution in [-0.2, 0) is 27.8 Å². The van der Waals surface area contributed by atoms with Gasteiger partial charge >= 0.3 is 0 Å². The number of benzene rings is 3. The first-order chi connectivity index (χ1) is 16.1. The summed E-state index contributed by atoms with van der Waals surface area (Å²) in [5.41, 5.74) is 2.43. The number of carbonyl (C=O) groups is 1. The van der Waals surface area contributed by atoms with Crippen LogP contribution in [0.1, 0.15) is 18.1 Å². The Morgan fingerprint density at radius 2 is 1.74 bits per heavy atom. The molecule has 5 nitrogen and oxygen atoms in total. The Bertz CT molecular complexity index is 1350. The minimum atomic E-state index is -4.02. The van der Waals surface area contributed by atoms with Crippen LogP contribution in [0, 0.1) is 0 Å². The van der Waals surface area contributed by atoms with Gasteiger partial charge in [0.15, 0.2) is 0 Å². The zero-order valence-electron chi connectivity index (χ0n) is 18.0. The van der Waals surface area contributed by atoms with Crippen LogP contribution in [0.5, 0.6) is 0 Å². The van der Waals surface area contributed by atoms with Crippen LogP contribution in [0.3, 0.4) is 0 Å². The number of nitrogens with zero attached hydrogens (tertiary/aromatic N) is 2. The molecule has 1 aliphatic heterocycles. The maximum atomic E-state index is 13.6. The molecule has 0 saturated carbocycles. The molecule has 0 N–H and O–H groups in total. The number of hydrogen-bond donors (Lipinski definition) is 0. The predicted molar refractivity (Wildman–Crippen MR) is 140 cm³/mol. The number of hydrogen-bond acceptors (Lipinski definition) is 3. The molecule has 178 valence electrons. The lowest BCUT2D eigenvalue weighted by Crippen LogP contribution is -2.44. The average Bonchev–Trinajstić information content (AvgIpc) is 3.10. The van der Waals surface area contributed by atoms with E-state index in [2.05, 4.69) is 15.9 Å². The van der Waals surface area contributed by atoms with Gasteiger partial charge in [-0.15, -0.1) is 0 Å². The van der Waals surface area contributed by atoms with Gasteiger partial charge < -0.3 is 4.90 Å². The second-order valence-corrected chi connectivity index (χ2v) is 12.2. The topological polar surface area (TPSA) is 57.7 Å². The molecule has 0 bridgehead atoms. The monoisotopic (exact) mass is 600 g/mol. The zero-order chi connectivity index (χ0) is 24.6. The van der Waals surface area contributed by atoms with Crippen LogP contribution in [-0.4, -0.2) is 31.2 Å². The molecule has 0 aromatic heterocycles. The van der Waals surface area contributed by atoms with Crippen molar-refractivity contribution in [2.24, 2.45) is 0 Å². The fraction of sp³-hybridized carbons (Fsp3) is 0.208. The van der Waals surface area contributed by atoms with Crippen LogP contribution in [0.15, 0.2) is 70.0 Å². The third-order valence-corrected chi connectivity index (χ3v) is 8.92. The van der Waals surface area contributed by atoms with E-state index in [1.54, 1.807) is 23.1 Å². The van der Waals surface area contributed by atoms with Gasteiger partial charge in [0.25, 0.3) is 0 Å². The van der Waals surface area contributed by atoms with Crippen molar-refractivity contribution >= 4 is 72.4 Å². The van der Waals surface area contributed by atoms with Crippen molar-refractivity contribution in [2.75, 3.05) is 11.4 Å². The molecule has 0 aliphatic carbocycles. The van der Waals surface area contributed by atoms with E-state index in [0.717, 1.165) is 20.0 Å². The summed E-state index contributed by atoms with van der Waals surface area (Å²) in [7, 11) is -4.02. The van der Waals surface area contributed by atoms with Crippen molar-refractivity contribution in [2.45, 2.75) is 30.8 Å². The molecule has 1 amide bonds. The minimum Gasteiger partial charge on any atom is -0.308 e. The van der Waals surface area contributed by atoms with Gasteiger partial charge in [0.2, 0.25) is 15.9 Å². The molecule has 3 aromatic rings. The molecule has 0 saturated heterocycles. The Kier molecular flexibility index (Phi) is 7.62. The van der Waals surface area contributed by atoms with Crippen molar-refractivity contribution in [3.05, 3.63) is 91.3 Å². The molecule has 10 heteroatoms. The van der Waals surface area contributed by atoms with E-state index in [0.29, 0.717) is 27.1 Å². The second kappa shape index (κ2) is 10.2. The Labute approximate surface area is 222 Å². The van der Waals surface area contributed by atoms with Crippen molar-refractivity contribution in [3.63, 3.8) is 0 Å². The number of fused-ring (bicyclic) bond motifs is 1. The summed E-state index contributed by atoms with van der Waals surface area (Å²) in [4.78, 5) is 15.2. The summed E-state index contributed by atoms with van der Waals surface area (Å²) >= 11 is 21.6. The van der Waals surface area contributed by atoms with Gasteiger partial charge in [0.05, 0.1) is 21.5 Å². The van der Waals surface area contributed by atoms with Gasteiger partial charge in [-0.2, -0.15) is 4.31 Å². The van der Waals surface area contributed by atoms with Gasteiger partial charge in [0, 0.05) is 27.8 Å². The number of rotatable bonds is 6. The quantitative estimate of drug-likeness (QED) is 0.320. The summed E-state index contributed by atoms with van der Waals surface area (Å²) in [5.74, 6) is -0.314. The summed E-state index contributed by atoms with van der Waals surface area (Å²) in [6, 6.07) is 16.4. The number of anilines is 1. The normalized spacial score (nSPS) is 15.6. The Balaban J connectivity index is 1.68. The first kappa shape index (κ1) is 25.5. The number of sulfonamides is 1. The van der Waals surface area contributed by atoms with Crippen LogP contribution in [0.25, 0.3) is 0 Å². The largest absolute Gasteiger partial charge is 0.308 e. The van der Waals surface area contributed by atoms with Crippen molar-refractivity contribution in [1.82, 2.24) is 4.31 Å².